The molecule has 1 amide bonds. The van der Waals surface area contributed by atoms with Gasteiger partial charge in [-0.05, 0) is 17.7 Å². The summed E-state index contributed by atoms with van der Waals surface area (Å²) in [6, 6.07) is 11.5. The Bertz CT molecular complexity index is 1080. The van der Waals surface area contributed by atoms with E-state index in [0.29, 0.717) is 0 Å². The molecule has 2 aromatic carbocycles. The average molecular weight is 412 g/mol. The first-order chi connectivity index (χ1) is 13.2. The van der Waals surface area contributed by atoms with E-state index in [-0.39, 0.29) is 33.2 Å². The van der Waals surface area contributed by atoms with Gasteiger partial charge in [-0.25, -0.2) is 4.98 Å². The van der Waals surface area contributed by atoms with Crippen LogP contribution in [0.5, 0.6) is 0 Å². The molecule has 0 aliphatic carbocycles. The van der Waals surface area contributed by atoms with Gasteiger partial charge in [0.2, 0.25) is 5.91 Å². The summed E-state index contributed by atoms with van der Waals surface area (Å²) in [6.45, 7) is 1.15. The molecule has 0 radical (unpaired) electrons. The summed E-state index contributed by atoms with van der Waals surface area (Å²) in [4.78, 5) is 32.1. The smallest absolute Gasteiger partial charge is 0.294 e. The Morgan fingerprint density at radius 3 is 2.50 bits per heavy atom. The number of nitrogens with zero attached hydrogens (tertiary/aromatic N) is 3. The molecule has 1 aromatic heterocycles. The lowest BCUT2D eigenvalue weighted by atomic mass is 10.2. The molecule has 146 valence electrons. The van der Waals surface area contributed by atoms with Gasteiger partial charge in [-0.3, -0.25) is 14.2 Å². The van der Waals surface area contributed by atoms with Crippen LogP contribution in [0.2, 0.25) is 5.02 Å². The number of benzene rings is 2. The van der Waals surface area contributed by atoms with Crippen LogP contribution in [0, 0.1) is 0 Å². The zero-order chi connectivity index (χ0) is 20.5. The predicted molar refractivity (Wildman–Crippen MR) is 96.9 cm³/mol. The standard InChI is InChI=1S/C18H13ClF3N3O3/c1-11(26)25(28-18(20,21)22)14-8-7-13-16(15(14)19)23-10-24(17(13)27)9-12-5-3-2-4-6-12/h2-8,10H,9H2,1H3. The fourth-order valence-electron chi connectivity index (χ4n) is 2.62. The van der Waals surface area contributed by atoms with E-state index in [4.69, 9.17) is 11.6 Å². The number of carbonyl (C=O) groups excluding carboxylic acids is 1. The van der Waals surface area contributed by atoms with Crippen molar-refractivity contribution in [3.63, 3.8) is 0 Å². The zero-order valence-corrected chi connectivity index (χ0v) is 15.2. The lowest BCUT2D eigenvalue weighted by Gasteiger charge is -2.22. The van der Waals surface area contributed by atoms with E-state index < -0.39 is 17.8 Å². The molecule has 0 aliphatic rings. The highest BCUT2D eigenvalue weighted by molar-refractivity contribution is 6.38. The van der Waals surface area contributed by atoms with Crippen molar-refractivity contribution < 1.29 is 22.8 Å². The third kappa shape index (κ3) is 4.15. The number of aromatic nitrogens is 2. The molecule has 0 fully saturated rings. The lowest BCUT2D eigenvalue weighted by molar-refractivity contribution is -0.327. The van der Waals surface area contributed by atoms with Crippen molar-refractivity contribution in [2.75, 3.05) is 5.06 Å². The topological polar surface area (TPSA) is 64.4 Å². The number of amides is 1. The van der Waals surface area contributed by atoms with E-state index >= 15 is 0 Å². The molecule has 1 heterocycles. The number of fused-ring (bicyclic) bond motifs is 1. The number of rotatable bonds is 4. The molecule has 6 nitrogen and oxygen atoms in total. The highest BCUT2D eigenvalue weighted by atomic mass is 35.5. The van der Waals surface area contributed by atoms with Crippen LogP contribution < -0.4 is 10.6 Å². The maximum Gasteiger partial charge on any atom is 0.544 e. The molecule has 0 bridgehead atoms. The van der Waals surface area contributed by atoms with Crippen molar-refractivity contribution in [1.82, 2.24) is 9.55 Å². The second-order valence-electron chi connectivity index (χ2n) is 5.81. The summed E-state index contributed by atoms with van der Waals surface area (Å²) >= 11 is 6.14. The van der Waals surface area contributed by atoms with Gasteiger partial charge in [0.1, 0.15) is 0 Å². The van der Waals surface area contributed by atoms with Gasteiger partial charge >= 0.3 is 6.36 Å². The Labute approximate surface area is 161 Å². The molecule has 3 aromatic rings. The molecule has 0 N–H and O–H groups in total. The van der Waals surface area contributed by atoms with Gasteiger partial charge in [-0.1, -0.05) is 41.9 Å². The second kappa shape index (κ2) is 7.61. The Hall–Kier alpha value is -2.91. The third-order valence-corrected chi connectivity index (χ3v) is 4.18. The molecule has 3 rings (SSSR count). The number of halogens is 4. The molecule has 0 atom stereocenters. The summed E-state index contributed by atoms with van der Waals surface area (Å²) in [5.74, 6) is -1.05. The molecule has 0 unspecified atom stereocenters. The maximum atomic E-state index is 12.7. The summed E-state index contributed by atoms with van der Waals surface area (Å²) in [5, 5.41) is -0.192. The zero-order valence-electron chi connectivity index (χ0n) is 14.4. The Kier molecular flexibility index (Phi) is 5.39. The Morgan fingerprint density at radius 2 is 1.89 bits per heavy atom. The van der Waals surface area contributed by atoms with E-state index in [1.165, 1.54) is 17.0 Å². The lowest BCUT2D eigenvalue weighted by Crippen LogP contribution is -2.35. The van der Waals surface area contributed by atoms with Crippen molar-refractivity contribution in [1.29, 1.82) is 0 Å². The molecule has 10 heteroatoms. The van der Waals surface area contributed by atoms with Gasteiger partial charge in [-0.15, -0.1) is 13.2 Å². The third-order valence-electron chi connectivity index (χ3n) is 3.81. The monoisotopic (exact) mass is 411 g/mol. The van der Waals surface area contributed by atoms with Crippen LogP contribution in [-0.2, 0) is 16.2 Å². The Morgan fingerprint density at radius 1 is 1.21 bits per heavy atom. The van der Waals surface area contributed by atoms with Gasteiger partial charge in [0.15, 0.2) is 0 Å². The summed E-state index contributed by atoms with van der Waals surface area (Å²) < 4.78 is 39.1. The van der Waals surface area contributed by atoms with Gasteiger partial charge in [0.05, 0.1) is 34.5 Å². The van der Waals surface area contributed by atoms with E-state index in [0.717, 1.165) is 18.6 Å². The average Bonchev–Trinajstić information content (AvgIpc) is 2.63. The van der Waals surface area contributed by atoms with Gasteiger partial charge in [0, 0.05) is 6.92 Å². The minimum Gasteiger partial charge on any atom is -0.294 e. The van der Waals surface area contributed by atoms with Crippen LogP contribution in [0.25, 0.3) is 10.9 Å². The summed E-state index contributed by atoms with van der Waals surface area (Å²) in [5.41, 5.74) is 0.0421. The van der Waals surface area contributed by atoms with Gasteiger partial charge in [-0.2, -0.15) is 9.90 Å². The fourth-order valence-corrected chi connectivity index (χ4v) is 2.91. The molecule has 0 saturated heterocycles. The molecule has 28 heavy (non-hydrogen) atoms. The van der Waals surface area contributed by atoms with E-state index in [1.807, 2.05) is 30.3 Å². The number of anilines is 1. The number of hydrogen-bond acceptors (Lipinski definition) is 4. The molecule has 0 saturated carbocycles. The van der Waals surface area contributed by atoms with Crippen LogP contribution in [-0.4, -0.2) is 21.8 Å². The highest BCUT2D eigenvalue weighted by Gasteiger charge is 2.36. The van der Waals surface area contributed by atoms with Gasteiger partial charge < -0.3 is 0 Å². The quantitative estimate of drug-likeness (QED) is 0.611. The van der Waals surface area contributed by atoms with Crippen LogP contribution in [0.4, 0.5) is 18.9 Å². The van der Waals surface area contributed by atoms with Crippen molar-refractivity contribution in [3.8, 4) is 0 Å². The molecular weight excluding hydrogens is 399 g/mol. The summed E-state index contributed by atoms with van der Waals surface area (Å²) in [6.07, 6.45) is -3.85. The summed E-state index contributed by atoms with van der Waals surface area (Å²) in [7, 11) is 0. The minimum atomic E-state index is -5.10. The van der Waals surface area contributed by atoms with E-state index in [9.17, 15) is 22.8 Å². The highest BCUT2D eigenvalue weighted by Crippen LogP contribution is 2.33. The first-order valence-corrected chi connectivity index (χ1v) is 8.33. The number of hydrogen-bond donors (Lipinski definition) is 0. The van der Waals surface area contributed by atoms with Crippen molar-refractivity contribution >= 4 is 34.1 Å². The normalized spacial score (nSPS) is 11.6. The first kappa shape index (κ1) is 19.8. The van der Waals surface area contributed by atoms with Crippen molar-refractivity contribution in [2.45, 2.75) is 19.8 Å². The fraction of sp³-hybridized carbons (Fsp3) is 0.167. The van der Waals surface area contributed by atoms with Crippen molar-refractivity contribution in [3.05, 3.63) is 69.7 Å². The Balaban J connectivity index is 2.06. The van der Waals surface area contributed by atoms with E-state index in [2.05, 4.69) is 9.82 Å². The van der Waals surface area contributed by atoms with Crippen molar-refractivity contribution in [2.24, 2.45) is 0 Å². The van der Waals surface area contributed by atoms with E-state index in [1.54, 1.807) is 0 Å². The van der Waals surface area contributed by atoms with Gasteiger partial charge in [0.25, 0.3) is 5.56 Å². The maximum absolute atomic E-state index is 12.7. The number of carbonyl (C=O) groups is 1. The number of hydroxylamine groups is 1. The molecular formula is C18H13ClF3N3O3. The van der Waals surface area contributed by atoms with Crippen LogP contribution in [0.3, 0.4) is 0 Å². The number of alkyl halides is 3. The molecule has 0 aliphatic heterocycles. The van der Waals surface area contributed by atoms with Crippen LogP contribution >= 0.6 is 11.6 Å². The minimum absolute atomic E-state index is 0.0128. The second-order valence-corrected chi connectivity index (χ2v) is 6.19. The first-order valence-electron chi connectivity index (χ1n) is 7.95. The van der Waals surface area contributed by atoms with Crippen LogP contribution in [0.15, 0.2) is 53.6 Å². The largest absolute Gasteiger partial charge is 0.544 e. The molecule has 0 spiro atoms. The predicted octanol–water partition coefficient (Wildman–Crippen LogP) is 3.90. The van der Waals surface area contributed by atoms with Crippen LogP contribution in [0.1, 0.15) is 12.5 Å². The SMILES string of the molecule is CC(=O)N(OC(F)(F)F)c1ccc2c(=O)n(Cc3ccccc3)cnc2c1Cl.